The maximum absolute atomic E-state index is 12.3. The van der Waals surface area contributed by atoms with Crippen molar-refractivity contribution in [2.24, 2.45) is 0 Å². The fourth-order valence-electron chi connectivity index (χ4n) is 2.07. The van der Waals surface area contributed by atoms with Gasteiger partial charge in [0.25, 0.3) is 0 Å². The number of thioether (sulfide) groups is 1. The molecule has 0 aromatic carbocycles. The molecule has 0 saturated heterocycles. The number of Topliss-reactive ketones (excluding diaryl/α,β-unsaturated/α-hetero) is 1. The quantitative estimate of drug-likeness (QED) is 0.495. The molecule has 2 rings (SSSR count). The largest absolute Gasteiger partial charge is 0.462 e. The van der Waals surface area contributed by atoms with Gasteiger partial charge in [-0.2, -0.15) is 0 Å². The van der Waals surface area contributed by atoms with Gasteiger partial charge in [-0.25, -0.2) is 4.79 Å². The lowest BCUT2D eigenvalue weighted by Crippen LogP contribution is -2.08. The minimum absolute atomic E-state index is 0.0750. The van der Waals surface area contributed by atoms with E-state index in [0.717, 1.165) is 9.35 Å². The first-order chi connectivity index (χ1) is 10.4. The average molecular weight is 339 g/mol. The third-order valence-corrected chi connectivity index (χ3v) is 5.00. The topological polar surface area (TPSA) is 84.9 Å². The van der Waals surface area contributed by atoms with Crippen molar-refractivity contribution in [3.8, 4) is 0 Å². The van der Waals surface area contributed by atoms with Crippen molar-refractivity contribution < 1.29 is 14.3 Å². The lowest BCUT2D eigenvalue weighted by molar-refractivity contribution is 0.0525. The highest BCUT2D eigenvalue weighted by molar-refractivity contribution is 8.01. The predicted octanol–water partition coefficient (Wildman–Crippen LogP) is 2.94. The summed E-state index contributed by atoms with van der Waals surface area (Å²) in [5.74, 6) is -0.230. The molecule has 0 fully saturated rings. The summed E-state index contributed by atoms with van der Waals surface area (Å²) in [4.78, 5) is 27.3. The molecule has 0 aliphatic heterocycles. The Balaban J connectivity index is 2.13. The van der Waals surface area contributed by atoms with Gasteiger partial charge in [-0.3, -0.25) is 4.79 Å². The minimum Gasteiger partial charge on any atom is -0.462 e. The molecule has 0 bridgehead atoms. The molecule has 0 saturated carbocycles. The van der Waals surface area contributed by atoms with E-state index in [2.05, 4.69) is 15.2 Å². The highest BCUT2D eigenvalue weighted by Crippen LogP contribution is 2.25. The molecule has 0 radical (unpaired) electrons. The van der Waals surface area contributed by atoms with E-state index in [1.165, 1.54) is 23.1 Å². The van der Waals surface area contributed by atoms with Crippen LogP contribution in [0.1, 0.15) is 44.0 Å². The van der Waals surface area contributed by atoms with Gasteiger partial charge in [0.05, 0.1) is 23.6 Å². The molecule has 2 heterocycles. The van der Waals surface area contributed by atoms with Crippen molar-refractivity contribution in [3.63, 3.8) is 0 Å². The van der Waals surface area contributed by atoms with E-state index in [4.69, 9.17) is 4.74 Å². The molecule has 2 aromatic heterocycles. The average Bonchev–Trinajstić information content (AvgIpc) is 3.00. The molecule has 118 valence electrons. The van der Waals surface area contributed by atoms with Crippen LogP contribution in [0.5, 0.6) is 0 Å². The summed E-state index contributed by atoms with van der Waals surface area (Å²) >= 11 is 2.80. The van der Waals surface area contributed by atoms with Gasteiger partial charge in [0.15, 0.2) is 10.1 Å². The summed E-state index contributed by atoms with van der Waals surface area (Å²) in [7, 11) is 0. The summed E-state index contributed by atoms with van der Waals surface area (Å²) in [6, 6.07) is 0. The zero-order valence-electron chi connectivity index (χ0n) is 12.8. The summed E-state index contributed by atoms with van der Waals surface area (Å²) in [6.07, 6.45) is 0. The lowest BCUT2D eigenvalue weighted by Gasteiger charge is -2.02. The first-order valence-corrected chi connectivity index (χ1v) is 8.56. The van der Waals surface area contributed by atoms with Crippen LogP contribution in [0.4, 0.5) is 0 Å². The lowest BCUT2D eigenvalue weighted by atomic mass is 10.1. The second-order valence-corrected chi connectivity index (χ2v) is 7.05. The number of rotatable bonds is 6. The molecule has 0 spiro atoms. The van der Waals surface area contributed by atoms with E-state index in [1.807, 2.05) is 6.92 Å². The van der Waals surface area contributed by atoms with Gasteiger partial charge in [-0.1, -0.05) is 23.1 Å². The standard InChI is InChI=1S/C14H17N3O3S2/c1-5-20-13(19)11-7(2)12(15-8(11)3)10(18)6-21-14-17-16-9(4)22-14/h15H,5-6H2,1-4H3. The number of ether oxygens (including phenoxy) is 1. The van der Waals surface area contributed by atoms with Crippen molar-refractivity contribution in [3.05, 3.63) is 27.5 Å². The normalized spacial score (nSPS) is 10.7. The first-order valence-electron chi connectivity index (χ1n) is 6.76. The number of hydrogen-bond acceptors (Lipinski definition) is 7. The Kier molecular flexibility index (Phi) is 5.36. The summed E-state index contributed by atoms with van der Waals surface area (Å²) < 4.78 is 5.78. The molecule has 0 atom stereocenters. The van der Waals surface area contributed by atoms with Crippen LogP contribution in [0.3, 0.4) is 0 Å². The van der Waals surface area contributed by atoms with Crippen LogP contribution in [0, 0.1) is 20.8 Å². The number of nitrogens with zero attached hydrogens (tertiary/aromatic N) is 2. The summed E-state index contributed by atoms with van der Waals surface area (Å²) in [5, 5.41) is 8.76. The van der Waals surface area contributed by atoms with E-state index in [1.54, 1.807) is 20.8 Å². The van der Waals surface area contributed by atoms with Gasteiger partial charge >= 0.3 is 5.97 Å². The van der Waals surface area contributed by atoms with E-state index >= 15 is 0 Å². The van der Waals surface area contributed by atoms with Crippen molar-refractivity contribution in [2.45, 2.75) is 32.0 Å². The third kappa shape index (κ3) is 3.56. The smallest absolute Gasteiger partial charge is 0.340 e. The number of nitrogens with one attached hydrogen (secondary N) is 1. The molecule has 0 amide bonds. The van der Waals surface area contributed by atoms with Crippen molar-refractivity contribution >= 4 is 34.9 Å². The van der Waals surface area contributed by atoms with Crippen molar-refractivity contribution in [1.29, 1.82) is 0 Å². The molecule has 1 N–H and O–H groups in total. The van der Waals surface area contributed by atoms with Crippen molar-refractivity contribution in [1.82, 2.24) is 15.2 Å². The number of aromatic amines is 1. The highest BCUT2D eigenvalue weighted by Gasteiger charge is 2.23. The van der Waals surface area contributed by atoms with Gasteiger partial charge in [0.2, 0.25) is 0 Å². The van der Waals surface area contributed by atoms with Crippen LogP contribution in [0.2, 0.25) is 0 Å². The van der Waals surface area contributed by atoms with Gasteiger partial charge in [0.1, 0.15) is 5.01 Å². The maximum Gasteiger partial charge on any atom is 0.340 e. The van der Waals surface area contributed by atoms with Gasteiger partial charge in [-0.05, 0) is 33.3 Å². The Morgan fingerprint density at radius 3 is 2.59 bits per heavy atom. The Morgan fingerprint density at radius 1 is 1.27 bits per heavy atom. The molecular formula is C14H17N3O3S2. The highest BCUT2D eigenvalue weighted by atomic mass is 32.2. The number of carbonyl (C=O) groups is 2. The fourth-order valence-corrected chi connectivity index (χ4v) is 3.76. The van der Waals surface area contributed by atoms with Gasteiger partial charge in [0, 0.05) is 5.69 Å². The van der Waals surface area contributed by atoms with E-state index in [-0.39, 0.29) is 11.5 Å². The van der Waals surface area contributed by atoms with Crippen LogP contribution in [0.15, 0.2) is 4.34 Å². The molecule has 2 aromatic rings. The van der Waals surface area contributed by atoms with Gasteiger partial charge in [-0.15, -0.1) is 10.2 Å². The predicted molar refractivity (Wildman–Crippen MR) is 85.9 cm³/mol. The zero-order chi connectivity index (χ0) is 16.3. The number of ketones is 1. The number of aromatic nitrogens is 3. The van der Waals surface area contributed by atoms with Crippen LogP contribution in [-0.4, -0.2) is 39.3 Å². The Hall–Kier alpha value is -1.67. The minimum atomic E-state index is -0.403. The number of H-pyrrole nitrogens is 1. The Morgan fingerprint density at radius 2 is 2.00 bits per heavy atom. The molecule has 8 heteroatoms. The zero-order valence-corrected chi connectivity index (χ0v) is 14.5. The number of aryl methyl sites for hydroxylation is 2. The molecule has 0 aliphatic carbocycles. The summed E-state index contributed by atoms with van der Waals surface area (Å²) in [5.41, 5.74) is 2.18. The fraction of sp³-hybridized carbons (Fsp3) is 0.429. The Labute approximate surface area is 136 Å². The van der Waals surface area contributed by atoms with Crippen LogP contribution in [-0.2, 0) is 4.74 Å². The molecule has 22 heavy (non-hydrogen) atoms. The molecule has 0 unspecified atom stereocenters. The number of carbonyl (C=O) groups excluding carboxylic acids is 2. The molecule has 0 aliphatic rings. The van der Waals surface area contributed by atoms with Crippen molar-refractivity contribution in [2.75, 3.05) is 12.4 Å². The van der Waals surface area contributed by atoms with Crippen LogP contribution in [0.25, 0.3) is 0 Å². The number of hydrogen-bond donors (Lipinski definition) is 1. The number of esters is 1. The SMILES string of the molecule is CCOC(=O)c1c(C)[nH]c(C(=O)CSc2nnc(C)s2)c1C. The maximum atomic E-state index is 12.3. The summed E-state index contributed by atoms with van der Waals surface area (Å²) in [6.45, 7) is 7.44. The first kappa shape index (κ1) is 16.7. The monoisotopic (exact) mass is 339 g/mol. The third-order valence-electron chi connectivity index (χ3n) is 3.03. The van der Waals surface area contributed by atoms with E-state index < -0.39 is 5.97 Å². The van der Waals surface area contributed by atoms with E-state index in [0.29, 0.717) is 29.1 Å². The molecule has 6 nitrogen and oxygen atoms in total. The second-order valence-electron chi connectivity index (χ2n) is 4.64. The second kappa shape index (κ2) is 7.06. The molecular weight excluding hydrogens is 322 g/mol. The Bertz CT molecular complexity index is 706. The van der Waals surface area contributed by atoms with Crippen LogP contribution < -0.4 is 0 Å². The van der Waals surface area contributed by atoms with E-state index in [9.17, 15) is 9.59 Å². The van der Waals surface area contributed by atoms with Crippen LogP contribution >= 0.6 is 23.1 Å². The van der Waals surface area contributed by atoms with Gasteiger partial charge < -0.3 is 9.72 Å².